The van der Waals surface area contributed by atoms with E-state index in [1.807, 2.05) is 30.3 Å². The summed E-state index contributed by atoms with van der Waals surface area (Å²) in [5.41, 5.74) is 3.19. The molecule has 1 heterocycles. The first-order chi connectivity index (χ1) is 12.2. The van der Waals surface area contributed by atoms with E-state index in [9.17, 15) is 4.79 Å². The van der Waals surface area contributed by atoms with Gasteiger partial charge in [0.05, 0.1) is 12.7 Å². The van der Waals surface area contributed by atoms with Crippen LogP contribution in [-0.4, -0.2) is 36.4 Å². The number of amides is 1. The Morgan fingerprint density at radius 3 is 2.64 bits per heavy atom. The molecule has 0 bridgehead atoms. The molecule has 1 aliphatic rings. The molecular formula is C20H23ClN2O2. The Morgan fingerprint density at radius 1 is 1.24 bits per heavy atom. The van der Waals surface area contributed by atoms with Crippen LogP contribution in [0.2, 0.25) is 0 Å². The number of halogens is 1. The Morgan fingerprint density at radius 2 is 1.96 bits per heavy atom. The number of benzene rings is 2. The Kier molecular flexibility index (Phi) is 6.08. The third-order valence-corrected chi connectivity index (χ3v) is 4.86. The van der Waals surface area contributed by atoms with E-state index in [2.05, 4.69) is 41.4 Å². The molecule has 1 saturated heterocycles. The molecule has 0 spiro atoms. The van der Waals surface area contributed by atoms with Crippen LogP contribution in [0, 0.1) is 0 Å². The topological polar surface area (TPSA) is 41.6 Å². The van der Waals surface area contributed by atoms with Crippen molar-refractivity contribution in [2.75, 3.05) is 30.9 Å². The summed E-state index contributed by atoms with van der Waals surface area (Å²) < 4.78 is 5.97. The van der Waals surface area contributed by atoms with Crippen molar-refractivity contribution < 1.29 is 9.53 Å². The molecule has 0 radical (unpaired) electrons. The third kappa shape index (κ3) is 4.60. The monoisotopic (exact) mass is 358 g/mol. The van der Waals surface area contributed by atoms with Gasteiger partial charge in [-0.15, -0.1) is 11.6 Å². The fraction of sp³-hybridized carbons (Fsp3) is 0.350. The van der Waals surface area contributed by atoms with Gasteiger partial charge in [-0.25, -0.2) is 0 Å². The highest BCUT2D eigenvalue weighted by atomic mass is 35.5. The minimum atomic E-state index is -0.203. The largest absolute Gasteiger partial charge is 0.371 e. The van der Waals surface area contributed by atoms with Crippen LogP contribution in [0.1, 0.15) is 30.2 Å². The molecule has 25 heavy (non-hydrogen) atoms. The van der Waals surface area contributed by atoms with Gasteiger partial charge in [0.25, 0.3) is 0 Å². The number of hydrogen-bond donors (Lipinski definition) is 1. The van der Waals surface area contributed by atoms with Gasteiger partial charge in [0.15, 0.2) is 0 Å². The number of alkyl halides is 1. The van der Waals surface area contributed by atoms with Crippen LogP contribution in [-0.2, 0) is 9.53 Å². The van der Waals surface area contributed by atoms with Crippen molar-refractivity contribution in [3.05, 3.63) is 65.7 Å². The predicted molar refractivity (Wildman–Crippen MR) is 101 cm³/mol. The number of rotatable bonds is 5. The summed E-state index contributed by atoms with van der Waals surface area (Å²) >= 11 is 5.51. The van der Waals surface area contributed by atoms with E-state index < -0.39 is 0 Å². The first-order valence-corrected chi connectivity index (χ1v) is 9.07. The lowest BCUT2D eigenvalue weighted by atomic mass is 10.0. The minimum Gasteiger partial charge on any atom is -0.371 e. The quantitative estimate of drug-likeness (QED) is 0.821. The second-order valence-corrected chi connectivity index (χ2v) is 6.51. The average molecular weight is 359 g/mol. The zero-order chi connectivity index (χ0) is 17.6. The fourth-order valence-electron chi connectivity index (χ4n) is 3.14. The second kappa shape index (κ2) is 8.48. The Balaban J connectivity index is 1.66. The molecule has 132 valence electrons. The van der Waals surface area contributed by atoms with E-state index in [-0.39, 0.29) is 17.9 Å². The van der Waals surface area contributed by atoms with Crippen LogP contribution >= 0.6 is 11.6 Å². The molecular weight excluding hydrogens is 336 g/mol. The SMILES string of the molecule is CC(c1ccccc1)N1CCOC(c2ccc(NC(=O)CCl)cc2)C1. The molecule has 1 N–H and O–H groups in total. The van der Waals surface area contributed by atoms with Crippen molar-refractivity contribution in [1.82, 2.24) is 4.90 Å². The van der Waals surface area contributed by atoms with Gasteiger partial charge in [-0.2, -0.15) is 0 Å². The molecule has 1 aliphatic heterocycles. The molecule has 0 saturated carbocycles. The highest BCUT2D eigenvalue weighted by Gasteiger charge is 2.25. The number of carbonyl (C=O) groups excluding carboxylic acids is 1. The Labute approximate surface area is 153 Å². The number of hydrogen-bond acceptors (Lipinski definition) is 3. The summed E-state index contributed by atoms with van der Waals surface area (Å²) in [6, 6.07) is 18.7. The van der Waals surface area contributed by atoms with Crippen LogP contribution in [0.4, 0.5) is 5.69 Å². The normalized spacial score (nSPS) is 19.4. The first-order valence-electron chi connectivity index (χ1n) is 8.53. The Bertz CT molecular complexity index is 691. The van der Waals surface area contributed by atoms with Crippen LogP contribution in [0.5, 0.6) is 0 Å². The maximum Gasteiger partial charge on any atom is 0.239 e. The van der Waals surface area contributed by atoms with Gasteiger partial charge in [0.1, 0.15) is 5.88 Å². The lowest BCUT2D eigenvalue weighted by Gasteiger charge is -2.37. The lowest BCUT2D eigenvalue weighted by Crippen LogP contribution is -2.39. The summed E-state index contributed by atoms with van der Waals surface area (Å²) in [5.74, 6) is -0.244. The summed E-state index contributed by atoms with van der Waals surface area (Å²) in [6.45, 7) is 4.73. The van der Waals surface area contributed by atoms with Gasteiger partial charge < -0.3 is 10.1 Å². The molecule has 5 heteroatoms. The highest BCUT2D eigenvalue weighted by Crippen LogP contribution is 2.29. The van der Waals surface area contributed by atoms with Gasteiger partial charge in [0, 0.05) is 24.8 Å². The van der Waals surface area contributed by atoms with E-state index in [1.165, 1.54) is 5.56 Å². The maximum absolute atomic E-state index is 11.3. The smallest absolute Gasteiger partial charge is 0.239 e. The van der Waals surface area contributed by atoms with E-state index in [0.29, 0.717) is 12.6 Å². The van der Waals surface area contributed by atoms with Crippen molar-refractivity contribution in [2.45, 2.75) is 19.1 Å². The molecule has 2 unspecified atom stereocenters. The fourth-order valence-corrected chi connectivity index (χ4v) is 3.21. The zero-order valence-corrected chi connectivity index (χ0v) is 15.1. The van der Waals surface area contributed by atoms with Gasteiger partial charge in [-0.1, -0.05) is 42.5 Å². The summed E-state index contributed by atoms with van der Waals surface area (Å²) in [6.07, 6.45) is 0.0395. The van der Waals surface area contributed by atoms with Crippen molar-refractivity contribution in [2.24, 2.45) is 0 Å². The van der Waals surface area contributed by atoms with Gasteiger partial charge in [0.2, 0.25) is 5.91 Å². The Hall–Kier alpha value is -1.88. The molecule has 2 aromatic rings. The molecule has 3 rings (SSSR count). The van der Waals surface area contributed by atoms with E-state index in [1.54, 1.807) is 0 Å². The van der Waals surface area contributed by atoms with Crippen LogP contribution < -0.4 is 5.32 Å². The summed E-state index contributed by atoms with van der Waals surface area (Å²) in [7, 11) is 0. The number of nitrogens with zero attached hydrogens (tertiary/aromatic N) is 1. The molecule has 2 atom stereocenters. The summed E-state index contributed by atoms with van der Waals surface area (Å²) in [4.78, 5) is 13.8. The van der Waals surface area contributed by atoms with Gasteiger partial charge in [-0.05, 0) is 30.2 Å². The first kappa shape index (κ1) is 17.9. The second-order valence-electron chi connectivity index (χ2n) is 6.24. The van der Waals surface area contributed by atoms with E-state index in [4.69, 9.17) is 16.3 Å². The minimum absolute atomic E-state index is 0.0395. The molecule has 0 aromatic heterocycles. The van der Waals surface area contributed by atoms with Gasteiger partial charge in [-0.3, -0.25) is 9.69 Å². The number of morpholine rings is 1. The van der Waals surface area contributed by atoms with E-state index >= 15 is 0 Å². The van der Waals surface area contributed by atoms with Crippen LogP contribution in [0.3, 0.4) is 0 Å². The average Bonchev–Trinajstić information content (AvgIpc) is 2.68. The summed E-state index contributed by atoms with van der Waals surface area (Å²) in [5, 5.41) is 2.75. The van der Waals surface area contributed by atoms with Crippen molar-refractivity contribution >= 4 is 23.2 Å². The predicted octanol–water partition coefficient (Wildman–Crippen LogP) is 4.00. The van der Waals surface area contributed by atoms with Crippen LogP contribution in [0.25, 0.3) is 0 Å². The maximum atomic E-state index is 11.3. The molecule has 4 nitrogen and oxygen atoms in total. The zero-order valence-electron chi connectivity index (χ0n) is 14.3. The van der Waals surface area contributed by atoms with E-state index in [0.717, 1.165) is 24.3 Å². The standard InChI is InChI=1S/C20H23ClN2O2/c1-15(16-5-3-2-4-6-16)23-11-12-25-19(14-23)17-7-9-18(10-8-17)22-20(24)13-21/h2-10,15,19H,11-14H2,1H3,(H,22,24). The van der Waals surface area contributed by atoms with Crippen molar-refractivity contribution in [1.29, 1.82) is 0 Å². The number of nitrogens with one attached hydrogen (secondary N) is 1. The number of carbonyl (C=O) groups is 1. The van der Waals surface area contributed by atoms with Crippen LogP contribution in [0.15, 0.2) is 54.6 Å². The third-order valence-electron chi connectivity index (χ3n) is 4.62. The molecule has 2 aromatic carbocycles. The van der Waals surface area contributed by atoms with Crippen molar-refractivity contribution in [3.63, 3.8) is 0 Å². The highest BCUT2D eigenvalue weighted by molar-refractivity contribution is 6.29. The van der Waals surface area contributed by atoms with Gasteiger partial charge >= 0.3 is 0 Å². The molecule has 1 amide bonds. The molecule has 1 fully saturated rings. The molecule has 0 aliphatic carbocycles. The van der Waals surface area contributed by atoms with Crippen molar-refractivity contribution in [3.8, 4) is 0 Å². The number of ether oxygens (including phenoxy) is 1. The lowest BCUT2D eigenvalue weighted by molar-refractivity contribution is -0.113. The number of anilines is 1.